The van der Waals surface area contributed by atoms with Crippen molar-refractivity contribution in [3.05, 3.63) is 59.7 Å². The molecule has 0 spiro atoms. The van der Waals surface area contributed by atoms with Gasteiger partial charge in [0.05, 0.1) is 12.8 Å². The number of rotatable bonds is 4. The molecule has 1 heterocycles. The van der Waals surface area contributed by atoms with Gasteiger partial charge in [-0.2, -0.15) is 0 Å². The second-order valence-electron chi connectivity index (χ2n) is 5.90. The molecule has 2 aromatic carbocycles. The number of hydrogen-bond donors (Lipinski definition) is 1. The molecule has 0 fully saturated rings. The van der Waals surface area contributed by atoms with E-state index in [2.05, 4.69) is 35.5 Å². The molecule has 0 saturated heterocycles. The first-order valence-electron chi connectivity index (χ1n) is 7.90. The van der Waals surface area contributed by atoms with Crippen LogP contribution >= 0.6 is 0 Å². The predicted octanol–water partition coefficient (Wildman–Crippen LogP) is 3.25. The Kier molecular flexibility index (Phi) is 4.63. The van der Waals surface area contributed by atoms with Crippen molar-refractivity contribution in [1.29, 1.82) is 0 Å². The largest absolute Gasteiger partial charge is 0.495 e. The minimum absolute atomic E-state index is 0.00283. The number of benzene rings is 2. The van der Waals surface area contributed by atoms with Gasteiger partial charge in [0.25, 0.3) is 0 Å². The van der Waals surface area contributed by atoms with E-state index in [4.69, 9.17) is 4.74 Å². The van der Waals surface area contributed by atoms with Crippen LogP contribution in [-0.2, 0) is 11.2 Å². The number of fused-ring (bicyclic) bond motifs is 1. The fraction of sp³-hybridized carbons (Fsp3) is 0.316. The van der Waals surface area contributed by atoms with E-state index in [0.29, 0.717) is 17.9 Å². The molecule has 4 heteroatoms. The van der Waals surface area contributed by atoms with Crippen molar-refractivity contribution >= 4 is 11.6 Å². The number of anilines is 1. The summed E-state index contributed by atoms with van der Waals surface area (Å²) in [4.78, 5) is 14.8. The lowest BCUT2D eigenvalue weighted by atomic mass is 9.91. The number of para-hydroxylation sites is 2. The lowest BCUT2D eigenvalue weighted by Gasteiger charge is -2.34. The van der Waals surface area contributed by atoms with Crippen molar-refractivity contribution in [2.75, 3.05) is 26.0 Å². The molecular formula is C19H22N2O2. The highest BCUT2D eigenvalue weighted by Crippen LogP contribution is 2.31. The monoisotopic (exact) mass is 310 g/mol. The predicted molar refractivity (Wildman–Crippen MR) is 91.8 cm³/mol. The molecular weight excluding hydrogens is 288 g/mol. The Morgan fingerprint density at radius 2 is 1.96 bits per heavy atom. The third-order valence-electron chi connectivity index (χ3n) is 4.44. The first kappa shape index (κ1) is 15.6. The molecule has 1 unspecified atom stereocenters. The number of hydrogen-bond acceptors (Lipinski definition) is 3. The van der Waals surface area contributed by atoms with E-state index < -0.39 is 0 Å². The summed E-state index contributed by atoms with van der Waals surface area (Å²) < 4.78 is 5.29. The van der Waals surface area contributed by atoms with Crippen LogP contribution in [0.15, 0.2) is 48.5 Å². The number of likely N-dealkylation sites (N-methyl/N-ethyl adjacent to an activating group) is 1. The number of carbonyl (C=O) groups excluding carboxylic acids is 1. The van der Waals surface area contributed by atoms with E-state index in [1.54, 1.807) is 7.11 Å². The molecule has 3 rings (SSSR count). The summed E-state index contributed by atoms with van der Waals surface area (Å²) in [5.74, 6) is 0.682. The van der Waals surface area contributed by atoms with Crippen molar-refractivity contribution in [3.8, 4) is 5.75 Å². The van der Waals surface area contributed by atoms with Crippen molar-refractivity contribution in [2.24, 2.45) is 0 Å². The average Bonchev–Trinajstić information content (AvgIpc) is 2.58. The number of nitrogens with one attached hydrogen (secondary N) is 1. The molecule has 0 aliphatic carbocycles. The van der Waals surface area contributed by atoms with Crippen LogP contribution in [-0.4, -0.2) is 31.5 Å². The van der Waals surface area contributed by atoms with Gasteiger partial charge in [-0.1, -0.05) is 36.4 Å². The van der Waals surface area contributed by atoms with Gasteiger partial charge in [-0.05, 0) is 36.7 Å². The quantitative estimate of drug-likeness (QED) is 0.942. The van der Waals surface area contributed by atoms with Gasteiger partial charge in [0.15, 0.2) is 0 Å². The van der Waals surface area contributed by atoms with E-state index in [1.165, 1.54) is 11.1 Å². The molecule has 1 aliphatic rings. The fourth-order valence-electron chi connectivity index (χ4n) is 3.17. The zero-order chi connectivity index (χ0) is 16.2. The minimum Gasteiger partial charge on any atom is -0.495 e. The SMILES string of the molecule is COc1ccccc1NC(=O)CC1c2ccccc2CCN1C. The summed E-state index contributed by atoms with van der Waals surface area (Å²) in [6.45, 7) is 0.976. The first-order chi connectivity index (χ1) is 11.2. The van der Waals surface area contributed by atoms with E-state index in [0.717, 1.165) is 13.0 Å². The summed E-state index contributed by atoms with van der Waals surface area (Å²) >= 11 is 0. The second-order valence-corrected chi connectivity index (χ2v) is 5.90. The zero-order valence-corrected chi connectivity index (χ0v) is 13.6. The van der Waals surface area contributed by atoms with Crippen LogP contribution in [0.5, 0.6) is 5.75 Å². The molecule has 0 bridgehead atoms. The zero-order valence-electron chi connectivity index (χ0n) is 13.6. The van der Waals surface area contributed by atoms with Gasteiger partial charge in [0.1, 0.15) is 5.75 Å². The van der Waals surface area contributed by atoms with Crippen LogP contribution < -0.4 is 10.1 Å². The number of carbonyl (C=O) groups is 1. The van der Waals surface area contributed by atoms with Gasteiger partial charge in [-0.3, -0.25) is 9.69 Å². The molecule has 0 saturated carbocycles. The maximum atomic E-state index is 12.5. The number of amides is 1. The maximum Gasteiger partial charge on any atom is 0.226 e. The molecule has 0 radical (unpaired) electrons. The van der Waals surface area contributed by atoms with E-state index in [-0.39, 0.29) is 11.9 Å². The molecule has 1 amide bonds. The topological polar surface area (TPSA) is 41.6 Å². The highest BCUT2D eigenvalue weighted by Gasteiger charge is 2.26. The standard InChI is InChI=1S/C19H22N2O2/c1-21-12-11-14-7-3-4-8-15(14)17(21)13-19(22)20-16-9-5-6-10-18(16)23-2/h3-10,17H,11-13H2,1-2H3,(H,20,22). The first-order valence-corrected chi connectivity index (χ1v) is 7.90. The Bertz CT molecular complexity index is 699. The van der Waals surface area contributed by atoms with E-state index >= 15 is 0 Å². The van der Waals surface area contributed by atoms with Gasteiger partial charge in [-0.25, -0.2) is 0 Å². The van der Waals surface area contributed by atoms with Gasteiger partial charge in [0.2, 0.25) is 5.91 Å². The lowest BCUT2D eigenvalue weighted by Crippen LogP contribution is -2.34. The third-order valence-corrected chi connectivity index (χ3v) is 4.44. The van der Waals surface area contributed by atoms with Crippen molar-refractivity contribution < 1.29 is 9.53 Å². The van der Waals surface area contributed by atoms with Crippen molar-refractivity contribution in [2.45, 2.75) is 18.9 Å². The smallest absolute Gasteiger partial charge is 0.226 e. The van der Waals surface area contributed by atoms with Crippen molar-refractivity contribution in [3.63, 3.8) is 0 Å². The normalized spacial score (nSPS) is 17.4. The summed E-state index contributed by atoms with van der Waals surface area (Å²) in [5.41, 5.74) is 3.32. The highest BCUT2D eigenvalue weighted by atomic mass is 16.5. The van der Waals surface area contributed by atoms with Crippen LogP contribution in [0.1, 0.15) is 23.6 Å². The number of ether oxygens (including phenoxy) is 1. The molecule has 2 aromatic rings. The van der Waals surface area contributed by atoms with Gasteiger partial charge >= 0.3 is 0 Å². The Morgan fingerprint density at radius 3 is 2.78 bits per heavy atom. The molecule has 1 aliphatic heterocycles. The van der Waals surface area contributed by atoms with Crippen LogP contribution in [0.3, 0.4) is 0 Å². The van der Waals surface area contributed by atoms with Crippen LogP contribution in [0.4, 0.5) is 5.69 Å². The highest BCUT2D eigenvalue weighted by molar-refractivity contribution is 5.92. The fourth-order valence-corrected chi connectivity index (χ4v) is 3.17. The van der Waals surface area contributed by atoms with Crippen LogP contribution in [0.2, 0.25) is 0 Å². The molecule has 4 nitrogen and oxygen atoms in total. The Hall–Kier alpha value is -2.33. The molecule has 1 N–H and O–H groups in total. The number of methoxy groups -OCH3 is 1. The average molecular weight is 310 g/mol. The molecule has 120 valence electrons. The molecule has 0 aromatic heterocycles. The van der Waals surface area contributed by atoms with Gasteiger partial charge in [-0.15, -0.1) is 0 Å². The summed E-state index contributed by atoms with van der Waals surface area (Å²) in [5, 5.41) is 2.97. The Morgan fingerprint density at radius 1 is 1.22 bits per heavy atom. The molecule has 23 heavy (non-hydrogen) atoms. The van der Waals surface area contributed by atoms with E-state index in [1.807, 2.05) is 30.3 Å². The van der Waals surface area contributed by atoms with Gasteiger partial charge in [0, 0.05) is 19.0 Å². The van der Waals surface area contributed by atoms with Crippen LogP contribution in [0, 0.1) is 0 Å². The number of nitrogens with zero attached hydrogens (tertiary/aromatic N) is 1. The van der Waals surface area contributed by atoms with E-state index in [9.17, 15) is 4.79 Å². The summed E-state index contributed by atoms with van der Waals surface area (Å²) in [6.07, 6.45) is 1.48. The molecule has 1 atom stereocenters. The maximum absolute atomic E-state index is 12.5. The Labute approximate surface area is 137 Å². The lowest BCUT2D eigenvalue weighted by molar-refractivity contribution is -0.117. The summed E-state index contributed by atoms with van der Waals surface area (Å²) in [7, 11) is 3.69. The third kappa shape index (κ3) is 3.37. The van der Waals surface area contributed by atoms with Crippen LogP contribution in [0.25, 0.3) is 0 Å². The minimum atomic E-state index is 0.00283. The summed E-state index contributed by atoms with van der Waals surface area (Å²) in [6, 6.07) is 16.0. The van der Waals surface area contributed by atoms with Crippen molar-refractivity contribution in [1.82, 2.24) is 4.90 Å². The second kappa shape index (κ2) is 6.84. The van der Waals surface area contributed by atoms with Gasteiger partial charge < -0.3 is 10.1 Å². The Balaban J connectivity index is 1.75.